The average Bonchev–Trinajstić information content (AvgIpc) is 2.56. The number of ether oxygens (including phenoxy) is 1. The SMILES string of the molecule is O=C(OCn1cc(Br)cn1)N1CC(F)C1. The zero-order chi connectivity index (χ0) is 10.8. The van der Waals surface area contributed by atoms with Crippen LogP contribution in [-0.2, 0) is 11.5 Å². The number of carbonyl (C=O) groups excluding carboxylic acids is 1. The van der Waals surface area contributed by atoms with E-state index in [9.17, 15) is 9.18 Å². The Morgan fingerprint density at radius 1 is 1.73 bits per heavy atom. The van der Waals surface area contributed by atoms with Gasteiger partial charge in [0.2, 0.25) is 0 Å². The minimum absolute atomic E-state index is 0.0396. The van der Waals surface area contributed by atoms with E-state index < -0.39 is 12.3 Å². The molecule has 1 aliphatic rings. The maximum absolute atomic E-state index is 12.4. The van der Waals surface area contributed by atoms with Gasteiger partial charge in [-0.2, -0.15) is 5.10 Å². The van der Waals surface area contributed by atoms with Crippen LogP contribution >= 0.6 is 15.9 Å². The minimum atomic E-state index is -0.906. The molecule has 82 valence electrons. The maximum Gasteiger partial charge on any atom is 0.411 e. The van der Waals surface area contributed by atoms with Gasteiger partial charge in [-0.3, -0.25) is 0 Å². The van der Waals surface area contributed by atoms with Crippen LogP contribution in [0.15, 0.2) is 16.9 Å². The summed E-state index contributed by atoms with van der Waals surface area (Å²) in [5.74, 6) is 0. The van der Waals surface area contributed by atoms with Crippen molar-refractivity contribution >= 4 is 22.0 Å². The molecule has 7 heteroatoms. The van der Waals surface area contributed by atoms with Crippen LogP contribution in [0.4, 0.5) is 9.18 Å². The highest BCUT2D eigenvalue weighted by molar-refractivity contribution is 9.10. The predicted molar refractivity (Wildman–Crippen MR) is 52.9 cm³/mol. The lowest BCUT2D eigenvalue weighted by atomic mass is 10.2. The molecule has 0 unspecified atom stereocenters. The third kappa shape index (κ3) is 2.47. The quantitative estimate of drug-likeness (QED) is 0.821. The molecular formula is C8H9BrFN3O2. The lowest BCUT2D eigenvalue weighted by Gasteiger charge is -2.33. The minimum Gasteiger partial charge on any atom is -0.426 e. The van der Waals surface area contributed by atoms with Gasteiger partial charge in [0.05, 0.1) is 23.8 Å². The summed E-state index contributed by atoms with van der Waals surface area (Å²) in [6.45, 7) is 0.293. The molecule has 15 heavy (non-hydrogen) atoms. The maximum atomic E-state index is 12.4. The number of rotatable bonds is 2. The van der Waals surface area contributed by atoms with E-state index in [4.69, 9.17) is 4.74 Å². The van der Waals surface area contributed by atoms with Crippen LogP contribution in [0.2, 0.25) is 0 Å². The van der Waals surface area contributed by atoms with Crippen LogP contribution in [0, 0.1) is 0 Å². The van der Waals surface area contributed by atoms with Crippen LogP contribution in [-0.4, -0.2) is 40.0 Å². The topological polar surface area (TPSA) is 47.4 Å². The van der Waals surface area contributed by atoms with Crippen LogP contribution in [0.3, 0.4) is 0 Å². The van der Waals surface area contributed by atoms with Gasteiger partial charge in [0.15, 0.2) is 6.73 Å². The van der Waals surface area contributed by atoms with E-state index in [0.717, 1.165) is 4.47 Å². The number of halogens is 2. The highest BCUT2D eigenvalue weighted by Gasteiger charge is 2.31. The summed E-state index contributed by atoms with van der Waals surface area (Å²) in [4.78, 5) is 12.5. The van der Waals surface area contributed by atoms with Gasteiger partial charge in [0.1, 0.15) is 6.17 Å². The molecule has 0 spiro atoms. The number of hydrogen-bond acceptors (Lipinski definition) is 3. The number of hydrogen-bond donors (Lipinski definition) is 0. The number of amides is 1. The van der Waals surface area contributed by atoms with Crippen molar-refractivity contribution in [3.05, 3.63) is 16.9 Å². The second-order valence-corrected chi connectivity index (χ2v) is 4.16. The molecule has 0 N–H and O–H groups in total. The van der Waals surface area contributed by atoms with Crippen molar-refractivity contribution in [1.82, 2.24) is 14.7 Å². The Hall–Kier alpha value is -1.11. The Morgan fingerprint density at radius 3 is 3.00 bits per heavy atom. The van der Waals surface area contributed by atoms with Gasteiger partial charge in [0, 0.05) is 6.20 Å². The molecule has 1 aromatic rings. The van der Waals surface area contributed by atoms with Gasteiger partial charge >= 0.3 is 6.09 Å². The smallest absolute Gasteiger partial charge is 0.411 e. The molecule has 2 heterocycles. The van der Waals surface area contributed by atoms with Crippen LogP contribution in [0.25, 0.3) is 0 Å². The van der Waals surface area contributed by atoms with E-state index in [2.05, 4.69) is 21.0 Å². The fourth-order valence-corrected chi connectivity index (χ4v) is 1.52. The second kappa shape index (κ2) is 4.18. The van der Waals surface area contributed by atoms with Crippen LogP contribution < -0.4 is 0 Å². The molecule has 0 bridgehead atoms. The molecule has 0 radical (unpaired) electrons. The van der Waals surface area contributed by atoms with Crippen molar-refractivity contribution in [1.29, 1.82) is 0 Å². The Bertz CT molecular complexity index is 365. The first-order valence-corrected chi connectivity index (χ1v) is 5.18. The van der Waals surface area contributed by atoms with Gasteiger partial charge in [-0.15, -0.1) is 0 Å². The third-order valence-electron chi connectivity index (χ3n) is 2.02. The zero-order valence-corrected chi connectivity index (χ0v) is 9.35. The largest absolute Gasteiger partial charge is 0.426 e. The first-order chi connectivity index (χ1) is 7.15. The molecule has 0 saturated carbocycles. The van der Waals surface area contributed by atoms with E-state index in [0.29, 0.717) is 0 Å². The molecule has 1 saturated heterocycles. The summed E-state index contributed by atoms with van der Waals surface area (Å²) in [5, 5.41) is 3.91. The van der Waals surface area contributed by atoms with E-state index in [1.165, 1.54) is 9.58 Å². The lowest BCUT2D eigenvalue weighted by molar-refractivity contribution is 0.0219. The van der Waals surface area contributed by atoms with Crippen molar-refractivity contribution in [3.8, 4) is 0 Å². The van der Waals surface area contributed by atoms with E-state index >= 15 is 0 Å². The molecule has 1 aromatic heterocycles. The van der Waals surface area contributed by atoms with Gasteiger partial charge in [0.25, 0.3) is 0 Å². The van der Waals surface area contributed by atoms with Crippen LogP contribution in [0.5, 0.6) is 0 Å². The van der Waals surface area contributed by atoms with Gasteiger partial charge in [-0.1, -0.05) is 0 Å². The Kier molecular flexibility index (Phi) is 2.90. The molecule has 0 aromatic carbocycles. The Morgan fingerprint density at radius 2 is 2.47 bits per heavy atom. The number of alkyl halides is 1. The lowest BCUT2D eigenvalue weighted by Crippen LogP contribution is -2.51. The van der Waals surface area contributed by atoms with Crippen molar-refractivity contribution < 1.29 is 13.9 Å². The standard InChI is InChI=1S/C8H9BrFN3O2/c9-6-1-11-13(2-6)5-15-8(14)12-3-7(10)4-12/h1-2,7H,3-5H2. The summed E-state index contributed by atoms with van der Waals surface area (Å²) in [6.07, 6.45) is 1.86. The number of likely N-dealkylation sites (tertiary alicyclic amines) is 1. The molecule has 0 aliphatic carbocycles. The normalized spacial score (nSPS) is 16.3. The summed E-state index contributed by atoms with van der Waals surface area (Å²) < 4.78 is 19.6. The summed E-state index contributed by atoms with van der Waals surface area (Å²) in [6, 6.07) is 0. The number of carbonyl (C=O) groups is 1. The van der Waals surface area contributed by atoms with E-state index in [1.807, 2.05) is 0 Å². The zero-order valence-electron chi connectivity index (χ0n) is 7.77. The fraction of sp³-hybridized carbons (Fsp3) is 0.500. The molecule has 1 aliphatic heterocycles. The first kappa shape index (κ1) is 10.4. The van der Waals surface area contributed by atoms with Crippen LogP contribution in [0.1, 0.15) is 0 Å². The summed E-state index contributed by atoms with van der Waals surface area (Å²) in [5.41, 5.74) is 0. The Balaban J connectivity index is 1.76. The molecule has 2 rings (SSSR count). The van der Waals surface area contributed by atoms with Gasteiger partial charge < -0.3 is 9.64 Å². The average molecular weight is 278 g/mol. The highest BCUT2D eigenvalue weighted by atomic mass is 79.9. The predicted octanol–water partition coefficient (Wildman–Crippen LogP) is 1.39. The van der Waals surface area contributed by atoms with Gasteiger partial charge in [-0.05, 0) is 15.9 Å². The van der Waals surface area contributed by atoms with Crippen molar-refractivity contribution in [3.63, 3.8) is 0 Å². The molecule has 0 atom stereocenters. The number of aromatic nitrogens is 2. The van der Waals surface area contributed by atoms with Crippen molar-refractivity contribution in [2.24, 2.45) is 0 Å². The summed E-state index contributed by atoms with van der Waals surface area (Å²) in [7, 11) is 0. The van der Waals surface area contributed by atoms with Crippen molar-refractivity contribution in [2.75, 3.05) is 13.1 Å². The van der Waals surface area contributed by atoms with Crippen molar-refractivity contribution in [2.45, 2.75) is 12.9 Å². The first-order valence-electron chi connectivity index (χ1n) is 4.39. The molecule has 1 amide bonds. The third-order valence-corrected chi connectivity index (χ3v) is 2.43. The second-order valence-electron chi connectivity index (χ2n) is 3.24. The molecular weight excluding hydrogens is 269 g/mol. The van der Waals surface area contributed by atoms with E-state index in [1.54, 1.807) is 12.4 Å². The monoisotopic (exact) mass is 277 g/mol. The van der Waals surface area contributed by atoms with Gasteiger partial charge in [-0.25, -0.2) is 13.9 Å². The highest BCUT2D eigenvalue weighted by Crippen LogP contribution is 2.12. The van der Waals surface area contributed by atoms with E-state index in [-0.39, 0.29) is 19.8 Å². The Labute approximate surface area is 93.9 Å². The number of nitrogens with zero attached hydrogens (tertiary/aromatic N) is 3. The fourth-order valence-electron chi connectivity index (χ4n) is 1.20. The molecule has 5 nitrogen and oxygen atoms in total. The molecule has 1 fully saturated rings. The summed E-state index contributed by atoms with van der Waals surface area (Å²) >= 11 is 3.22.